The van der Waals surface area contributed by atoms with Gasteiger partial charge >= 0.3 is 0 Å². The summed E-state index contributed by atoms with van der Waals surface area (Å²) in [5, 5.41) is 0. The highest BCUT2D eigenvalue weighted by atomic mass is 32.2. The van der Waals surface area contributed by atoms with E-state index in [0.29, 0.717) is 5.75 Å². The summed E-state index contributed by atoms with van der Waals surface area (Å²) in [6.45, 7) is 4.32. The van der Waals surface area contributed by atoms with Crippen LogP contribution in [0.3, 0.4) is 0 Å². The van der Waals surface area contributed by atoms with Crippen LogP contribution in [0.1, 0.15) is 68.9 Å². The number of para-hydroxylation sites is 2. The van der Waals surface area contributed by atoms with Crippen molar-refractivity contribution in [1.29, 1.82) is 0 Å². The molecule has 1 N–H and O–H groups in total. The summed E-state index contributed by atoms with van der Waals surface area (Å²) in [5.41, 5.74) is 4.72. The summed E-state index contributed by atoms with van der Waals surface area (Å²) in [7, 11) is -4.15. The number of anilines is 2. The first-order valence-electron chi connectivity index (χ1n) is 12.5. The maximum absolute atomic E-state index is 11.8. The van der Waals surface area contributed by atoms with E-state index in [1.54, 1.807) is 0 Å². The Kier molecular flexibility index (Phi) is 8.08. The Morgan fingerprint density at radius 3 is 2.43 bits per heavy atom. The molecule has 0 spiro atoms. The number of fused-ring (bicyclic) bond motifs is 2. The summed E-state index contributed by atoms with van der Waals surface area (Å²) in [6, 6.07) is 19.6. The molecule has 7 heteroatoms. The molecule has 4 rings (SSSR count). The number of aromatic nitrogens is 1. The van der Waals surface area contributed by atoms with Gasteiger partial charge in [0, 0.05) is 5.69 Å². The van der Waals surface area contributed by atoms with Gasteiger partial charge in [-0.05, 0) is 74.1 Å². The molecule has 0 saturated carbocycles. The molecule has 1 unspecified atom stereocenters. The minimum Gasteiger partial charge on any atom is -0.453 e. The van der Waals surface area contributed by atoms with Crippen LogP contribution in [-0.4, -0.2) is 23.7 Å². The standard InChI is InChI=1S/C28H34N2O4S/c1-3-5-10-21-16-17-28-26(20-21)30(25-14-7-8-15-27(25)34-28)24(18-19-35(31,32)33)23-13-9-12-22(29-23)11-6-4-2/h7-9,12-17,20,24H,3-6,10-11,18-19H2,1-2H3,(H,31,32,33). The van der Waals surface area contributed by atoms with Crippen molar-refractivity contribution in [2.45, 2.75) is 64.8 Å². The Morgan fingerprint density at radius 1 is 0.914 bits per heavy atom. The molecule has 1 aliphatic rings. The molecule has 0 saturated heterocycles. The maximum Gasteiger partial charge on any atom is 0.264 e. The van der Waals surface area contributed by atoms with Gasteiger partial charge in [0.1, 0.15) is 0 Å². The zero-order valence-electron chi connectivity index (χ0n) is 20.5. The smallest absolute Gasteiger partial charge is 0.264 e. The number of benzene rings is 2. The second-order valence-electron chi connectivity index (χ2n) is 9.09. The molecule has 1 aliphatic heterocycles. The fourth-order valence-electron chi connectivity index (χ4n) is 4.55. The molecule has 186 valence electrons. The lowest BCUT2D eigenvalue weighted by atomic mass is 10.0. The minimum atomic E-state index is -4.15. The fourth-order valence-corrected chi connectivity index (χ4v) is 5.07. The molecule has 3 aromatic rings. The largest absolute Gasteiger partial charge is 0.453 e. The Balaban J connectivity index is 1.84. The van der Waals surface area contributed by atoms with E-state index in [4.69, 9.17) is 9.72 Å². The Morgan fingerprint density at radius 2 is 1.66 bits per heavy atom. The fraction of sp³-hybridized carbons (Fsp3) is 0.393. The third-order valence-electron chi connectivity index (χ3n) is 6.36. The Labute approximate surface area is 208 Å². The normalized spacial score (nSPS) is 13.6. The van der Waals surface area contributed by atoms with Crippen molar-refractivity contribution in [2.75, 3.05) is 10.7 Å². The van der Waals surface area contributed by atoms with Crippen molar-refractivity contribution < 1.29 is 17.7 Å². The third-order valence-corrected chi connectivity index (χ3v) is 7.12. The van der Waals surface area contributed by atoms with Crippen molar-refractivity contribution in [1.82, 2.24) is 4.98 Å². The SMILES string of the molecule is CCCCc1ccc2c(c1)N(C(CCS(=O)(=O)O)c1cccc(CCCC)n1)c1ccccc1O2. The lowest BCUT2D eigenvalue weighted by Crippen LogP contribution is -2.29. The number of aryl methyl sites for hydroxylation is 2. The van der Waals surface area contributed by atoms with E-state index in [-0.39, 0.29) is 12.2 Å². The van der Waals surface area contributed by atoms with Crippen LogP contribution >= 0.6 is 0 Å². The van der Waals surface area contributed by atoms with Crippen LogP contribution in [0.4, 0.5) is 11.4 Å². The first kappa shape index (κ1) is 25.2. The Bertz CT molecular complexity index is 1260. The topological polar surface area (TPSA) is 79.7 Å². The highest BCUT2D eigenvalue weighted by Crippen LogP contribution is 2.51. The van der Waals surface area contributed by atoms with E-state index in [1.165, 1.54) is 5.56 Å². The zero-order valence-corrected chi connectivity index (χ0v) is 21.3. The predicted octanol–water partition coefficient (Wildman–Crippen LogP) is 7.03. The second kappa shape index (κ2) is 11.2. The van der Waals surface area contributed by atoms with Crippen molar-refractivity contribution >= 4 is 21.5 Å². The summed E-state index contributed by atoms with van der Waals surface area (Å²) in [4.78, 5) is 7.09. The maximum atomic E-state index is 11.8. The quantitative estimate of drug-likeness (QED) is 0.288. The summed E-state index contributed by atoms with van der Waals surface area (Å²) < 4.78 is 39.5. The van der Waals surface area contributed by atoms with Gasteiger partial charge in [0.2, 0.25) is 0 Å². The predicted molar refractivity (Wildman–Crippen MR) is 140 cm³/mol. The van der Waals surface area contributed by atoms with Gasteiger partial charge in [0.15, 0.2) is 11.5 Å². The molecule has 0 bridgehead atoms. The minimum absolute atomic E-state index is 0.191. The first-order chi connectivity index (χ1) is 16.9. The lowest BCUT2D eigenvalue weighted by Gasteiger charge is -2.38. The second-order valence-corrected chi connectivity index (χ2v) is 10.7. The molecule has 0 fully saturated rings. The number of unbranched alkanes of at least 4 members (excludes halogenated alkanes) is 2. The van der Waals surface area contributed by atoms with Crippen LogP contribution in [0.5, 0.6) is 11.5 Å². The Hall–Kier alpha value is -2.90. The van der Waals surface area contributed by atoms with E-state index in [0.717, 1.165) is 67.0 Å². The van der Waals surface area contributed by atoms with Gasteiger partial charge in [0.25, 0.3) is 10.1 Å². The van der Waals surface area contributed by atoms with E-state index in [1.807, 2.05) is 48.5 Å². The summed E-state index contributed by atoms with van der Waals surface area (Å²) >= 11 is 0. The number of rotatable bonds is 11. The highest BCUT2D eigenvalue weighted by molar-refractivity contribution is 7.85. The van der Waals surface area contributed by atoms with Gasteiger partial charge < -0.3 is 9.64 Å². The first-order valence-corrected chi connectivity index (χ1v) is 14.1. The summed E-state index contributed by atoms with van der Waals surface area (Å²) in [5.74, 6) is 1.08. The number of ether oxygens (including phenoxy) is 1. The van der Waals surface area contributed by atoms with Crippen LogP contribution in [0.2, 0.25) is 0 Å². The monoisotopic (exact) mass is 494 g/mol. The molecule has 1 atom stereocenters. The van der Waals surface area contributed by atoms with Gasteiger partial charge in [-0.3, -0.25) is 9.54 Å². The van der Waals surface area contributed by atoms with E-state index in [2.05, 4.69) is 30.9 Å². The van der Waals surface area contributed by atoms with Crippen molar-refractivity contribution in [2.24, 2.45) is 0 Å². The van der Waals surface area contributed by atoms with Crippen LogP contribution < -0.4 is 9.64 Å². The molecular formula is C28H34N2O4S. The van der Waals surface area contributed by atoms with Crippen LogP contribution in [0, 0.1) is 0 Å². The molecule has 0 amide bonds. The van der Waals surface area contributed by atoms with Gasteiger partial charge in [-0.15, -0.1) is 0 Å². The number of hydrogen-bond acceptors (Lipinski definition) is 5. The molecule has 0 aliphatic carbocycles. The van der Waals surface area contributed by atoms with Crippen molar-refractivity contribution in [3.05, 3.63) is 77.6 Å². The van der Waals surface area contributed by atoms with Gasteiger partial charge in [-0.25, -0.2) is 0 Å². The molecule has 0 radical (unpaired) electrons. The third kappa shape index (κ3) is 6.21. The number of nitrogens with zero attached hydrogens (tertiary/aromatic N) is 2. The van der Waals surface area contributed by atoms with Crippen LogP contribution in [0.15, 0.2) is 60.7 Å². The van der Waals surface area contributed by atoms with Gasteiger partial charge in [-0.2, -0.15) is 8.42 Å². The average molecular weight is 495 g/mol. The average Bonchev–Trinajstić information content (AvgIpc) is 2.85. The van der Waals surface area contributed by atoms with Crippen LogP contribution in [-0.2, 0) is 23.0 Å². The highest BCUT2D eigenvalue weighted by Gasteiger charge is 2.33. The molecule has 6 nitrogen and oxygen atoms in total. The van der Waals surface area contributed by atoms with Crippen molar-refractivity contribution in [3.8, 4) is 11.5 Å². The number of pyridine rings is 1. The van der Waals surface area contributed by atoms with E-state index < -0.39 is 16.2 Å². The van der Waals surface area contributed by atoms with E-state index >= 15 is 0 Å². The molecule has 2 heterocycles. The van der Waals surface area contributed by atoms with Gasteiger partial charge in [0.05, 0.1) is 28.9 Å². The van der Waals surface area contributed by atoms with Crippen LogP contribution in [0.25, 0.3) is 0 Å². The molecule has 35 heavy (non-hydrogen) atoms. The summed E-state index contributed by atoms with van der Waals surface area (Å²) in [6.07, 6.45) is 6.32. The lowest BCUT2D eigenvalue weighted by molar-refractivity contribution is 0.459. The molecule has 1 aromatic heterocycles. The van der Waals surface area contributed by atoms with E-state index in [9.17, 15) is 13.0 Å². The van der Waals surface area contributed by atoms with Gasteiger partial charge in [-0.1, -0.05) is 51.0 Å². The molecule has 2 aromatic carbocycles. The molecular weight excluding hydrogens is 460 g/mol. The number of hydrogen-bond donors (Lipinski definition) is 1. The zero-order chi connectivity index (χ0) is 24.8. The van der Waals surface area contributed by atoms with Crippen molar-refractivity contribution in [3.63, 3.8) is 0 Å².